The van der Waals surface area contributed by atoms with Crippen molar-refractivity contribution in [1.82, 2.24) is 19.9 Å². The van der Waals surface area contributed by atoms with Crippen LogP contribution in [0.3, 0.4) is 0 Å². The number of pyridine rings is 2. The van der Waals surface area contributed by atoms with E-state index in [0.29, 0.717) is 10.6 Å². The number of hydrogen-bond donors (Lipinski definition) is 1. The molecule has 0 bridgehead atoms. The third kappa shape index (κ3) is 6.72. The second kappa shape index (κ2) is 12.5. The van der Waals surface area contributed by atoms with Crippen LogP contribution in [0.4, 0.5) is 5.82 Å². The second-order valence-corrected chi connectivity index (χ2v) is 13.9. The van der Waals surface area contributed by atoms with Gasteiger partial charge in [0, 0.05) is 65.8 Å². The summed E-state index contributed by atoms with van der Waals surface area (Å²) in [6.07, 6.45) is 2.51. The van der Waals surface area contributed by atoms with Crippen molar-refractivity contribution in [3.05, 3.63) is 83.1 Å². The molecule has 3 aromatic heterocycles. The van der Waals surface area contributed by atoms with Gasteiger partial charge in [-0.2, -0.15) is 0 Å². The lowest BCUT2D eigenvalue weighted by Crippen LogP contribution is -2.44. The first-order chi connectivity index (χ1) is 21.5. The normalized spacial score (nSPS) is 15.0. The summed E-state index contributed by atoms with van der Waals surface area (Å²) in [7, 11) is 2.14. The number of ether oxygens (including phenoxy) is 1. The Labute approximate surface area is 272 Å². The number of nitrogens with zero attached hydrogens (tertiary/aromatic N) is 5. The molecule has 1 fully saturated rings. The number of piperazine rings is 1. The first kappa shape index (κ1) is 31.1. The van der Waals surface area contributed by atoms with Crippen molar-refractivity contribution in [3.63, 3.8) is 0 Å². The number of aryl methyl sites for hydroxylation is 1. The van der Waals surface area contributed by atoms with E-state index in [0.717, 1.165) is 80.7 Å². The van der Waals surface area contributed by atoms with Gasteiger partial charge in [0.05, 0.1) is 21.5 Å². The number of anilines is 1. The predicted octanol–water partition coefficient (Wildman–Crippen LogP) is 7.74. The molecular weight excluding hydrogens is 606 g/mol. The smallest absolute Gasteiger partial charge is 0.337 e. The van der Waals surface area contributed by atoms with Gasteiger partial charge in [0.15, 0.2) is 6.10 Å². The Bertz CT molecular complexity index is 1840. The number of aliphatic carboxylic acids is 1. The summed E-state index contributed by atoms with van der Waals surface area (Å²) in [5.41, 5.74) is 5.83. The van der Waals surface area contributed by atoms with Crippen molar-refractivity contribution >= 4 is 44.9 Å². The Balaban J connectivity index is 1.42. The van der Waals surface area contributed by atoms with Crippen LogP contribution in [-0.2, 0) is 9.53 Å². The summed E-state index contributed by atoms with van der Waals surface area (Å²) in [6.45, 7) is 11.5. The minimum Gasteiger partial charge on any atom is -0.479 e. The second-order valence-electron chi connectivity index (χ2n) is 12.4. The monoisotopic (exact) mass is 641 g/mol. The van der Waals surface area contributed by atoms with Crippen LogP contribution in [0, 0.1) is 6.92 Å². The van der Waals surface area contributed by atoms with Crippen LogP contribution in [0.2, 0.25) is 5.02 Å². The number of likely N-dealkylation sites (N-methyl/N-ethyl adjacent to an activating group) is 1. The molecule has 0 aliphatic carbocycles. The number of carboxylic acid groups (broad SMARTS) is 1. The van der Waals surface area contributed by atoms with E-state index in [9.17, 15) is 9.90 Å². The number of fused-ring (bicyclic) bond motifs is 1. The van der Waals surface area contributed by atoms with Crippen LogP contribution < -0.4 is 4.90 Å². The summed E-state index contributed by atoms with van der Waals surface area (Å²) < 4.78 is 7.03. The van der Waals surface area contributed by atoms with Crippen molar-refractivity contribution < 1.29 is 14.6 Å². The summed E-state index contributed by atoms with van der Waals surface area (Å²) in [5, 5.41) is 11.8. The van der Waals surface area contributed by atoms with E-state index in [1.807, 2.05) is 76.4 Å². The number of halogens is 1. The van der Waals surface area contributed by atoms with Gasteiger partial charge in [-0.15, -0.1) is 11.3 Å². The molecule has 1 N–H and O–H groups in total. The van der Waals surface area contributed by atoms with E-state index < -0.39 is 17.7 Å². The number of aromatic nitrogens is 3. The van der Waals surface area contributed by atoms with Crippen molar-refractivity contribution in [1.29, 1.82) is 0 Å². The van der Waals surface area contributed by atoms with Crippen LogP contribution in [0.1, 0.15) is 38.0 Å². The zero-order valence-corrected chi connectivity index (χ0v) is 27.6. The van der Waals surface area contributed by atoms with Gasteiger partial charge in [-0.3, -0.25) is 4.98 Å². The number of benzene rings is 2. The van der Waals surface area contributed by atoms with Crippen LogP contribution in [0.5, 0.6) is 0 Å². The molecule has 4 heterocycles. The maximum atomic E-state index is 12.7. The van der Waals surface area contributed by atoms with Crippen molar-refractivity contribution in [3.8, 4) is 33.0 Å². The minimum absolute atomic E-state index is 0.602. The summed E-state index contributed by atoms with van der Waals surface area (Å²) >= 11 is 7.77. The van der Waals surface area contributed by atoms with E-state index in [4.69, 9.17) is 26.3 Å². The number of carboxylic acids is 1. The van der Waals surface area contributed by atoms with Gasteiger partial charge in [-0.05, 0) is 88.3 Å². The van der Waals surface area contributed by atoms with Crippen molar-refractivity contribution in [2.45, 2.75) is 39.4 Å². The third-order valence-corrected chi connectivity index (χ3v) is 9.29. The molecule has 10 heteroatoms. The molecule has 45 heavy (non-hydrogen) atoms. The molecular formula is C35H36ClN5O3S. The van der Waals surface area contributed by atoms with Gasteiger partial charge in [0.2, 0.25) is 0 Å². The number of hydrogen-bond acceptors (Lipinski definition) is 8. The van der Waals surface area contributed by atoms with Crippen molar-refractivity contribution in [2.75, 3.05) is 38.1 Å². The fourth-order valence-electron chi connectivity index (χ4n) is 5.64. The number of carbonyl (C=O) groups is 1. The topological polar surface area (TPSA) is 91.7 Å². The van der Waals surface area contributed by atoms with E-state index >= 15 is 0 Å². The Morgan fingerprint density at radius 3 is 2.33 bits per heavy atom. The summed E-state index contributed by atoms with van der Waals surface area (Å²) in [4.78, 5) is 31.7. The quantitative estimate of drug-likeness (QED) is 0.193. The third-order valence-electron chi connectivity index (χ3n) is 7.90. The molecule has 232 valence electrons. The predicted molar refractivity (Wildman–Crippen MR) is 182 cm³/mol. The number of rotatable bonds is 7. The molecule has 0 saturated carbocycles. The molecule has 8 nitrogen and oxygen atoms in total. The van der Waals surface area contributed by atoms with E-state index in [1.165, 1.54) is 11.3 Å². The average molecular weight is 642 g/mol. The van der Waals surface area contributed by atoms with Crippen LogP contribution in [-0.4, -0.2) is 69.8 Å². The van der Waals surface area contributed by atoms with Crippen LogP contribution in [0.25, 0.3) is 43.2 Å². The lowest BCUT2D eigenvalue weighted by Gasteiger charge is -2.33. The average Bonchev–Trinajstić information content (AvgIpc) is 3.44. The molecule has 6 rings (SSSR count). The highest BCUT2D eigenvalue weighted by Crippen LogP contribution is 2.44. The molecule has 1 atom stereocenters. The fourth-order valence-corrected chi connectivity index (χ4v) is 6.89. The molecule has 0 spiro atoms. The highest BCUT2D eigenvalue weighted by molar-refractivity contribution is 7.22. The van der Waals surface area contributed by atoms with Gasteiger partial charge < -0.3 is 19.6 Å². The SMILES string of the molecule is Cc1cc2nc(-c3ccnc(-c4ccc(N5CCN(C)CC5)nc4)c3)sc2c(-c2ccc(Cl)cc2)c1[C@H](OC(C)(C)C)C(=O)O. The van der Waals surface area contributed by atoms with E-state index in [1.54, 1.807) is 6.20 Å². The van der Waals surface area contributed by atoms with Crippen LogP contribution >= 0.6 is 22.9 Å². The van der Waals surface area contributed by atoms with E-state index in [-0.39, 0.29) is 0 Å². The van der Waals surface area contributed by atoms with Gasteiger partial charge in [0.25, 0.3) is 0 Å². The van der Waals surface area contributed by atoms with Crippen molar-refractivity contribution in [2.24, 2.45) is 0 Å². The Kier molecular flexibility index (Phi) is 8.63. The molecule has 0 unspecified atom stereocenters. The highest BCUT2D eigenvalue weighted by Gasteiger charge is 2.32. The van der Waals surface area contributed by atoms with E-state index in [2.05, 4.69) is 34.0 Å². The minimum atomic E-state index is -1.17. The lowest BCUT2D eigenvalue weighted by atomic mass is 9.91. The van der Waals surface area contributed by atoms with Crippen LogP contribution in [0.15, 0.2) is 67.0 Å². The molecule has 2 aromatic carbocycles. The lowest BCUT2D eigenvalue weighted by molar-refractivity contribution is -0.160. The Morgan fingerprint density at radius 1 is 0.978 bits per heavy atom. The summed E-state index contributed by atoms with van der Waals surface area (Å²) in [6, 6.07) is 17.5. The molecule has 0 amide bonds. The molecule has 1 aliphatic heterocycles. The summed E-state index contributed by atoms with van der Waals surface area (Å²) in [5.74, 6) is -0.0662. The zero-order valence-electron chi connectivity index (χ0n) is 26.0. The maximum absolute atomic E-state index is 12.7. The molecule has 0 radical (unpaired) electrons. The number of thiazole rings is 1. The zero-order chi connectivity index (χ0) is 31.9. The van der Waals surface area contributed by atoms with Gasteiger partial charge >= 0.3 is 5.97 Å². The largest absolute Gasteiger partial charge is 0.479 e. The van der Waals surface area contributed by atoms with Gasteiger partial charge in [-0.1, -0.05) is 23.7 Å². The highest BCUT2D eigenvalue weighted by atomic mass is 35.5. The molecule has 1 aliphatic rings. The Hall–Kier alpha value is -3.89. The fraction of sp³-hybridized carbons (Fsp3) is 0.314. The first-order valence-electron chi connectivity index (χ1n) is 14.9. The first-order valence-corrected chi connectivity index (χ1v) is 16.1. The Morgan fingerprint density at radius 2 is 1.69 bits per heavy atom. The van der Waals surface area contributed by atoms with Gasteiger partial charge in [0.1, 0.15) is 10.8 Å². The molecule has 5 aromatic rings. The molecule has 1 saturated heterocycles. The standard InChI is InChI=1S/C35H36ClN5O3S/c1-21-18-27-32(30(22-6-9-25(36)10-7-22)29(21)31(34(42)43)44-35(2,3)4)45-33(39-27)23-12-13-37-26(19-23)24-8-11-28(38-20-24)41-16-14-40(5)15-17-41/h6-13,18-20,31H,14-17H2,1-5H3,(H,42,43)/t31-/m0/s1. The maximum Gasteiger partial charge on any atom is 0.337 e. The van der Waals surface area contributed by atoms with Gasteiger partial charge in [-0.25, -0.2) is 14.8 Å².